The molecule has 0 saturated heterocycles. The quantitative estimate of drug-likeness (QED) is 0.882. The number of aromatic nitrogens is 2. The number of hydrogen-bond donors (Lipinski definition) is 2. The third-order valence-corrected chi connectivity index (χ3v) is 2.85. The molecular weight excluding hydrogens is 318 g/mol. The van der Waals surface area contributed by atoms with E-state index >= 15 is 0 Å². The minimum Gasteiger partial charge on any atom is -0.339 e. The average molecular weight is 324 g/mol. The summed E-state index contributed by atoms with van der Waals surface area (Å²) in [5, 5.41) is 2.15. The molecule has 2 aromatic rings. The van der Waals surface area contributed by atoms with E-state index < -0.39 is 17.3 Å². The van der Waals surface area contributed by atoms with E-state index in [1.54, 1.807) is 0 Å². The number of benzene rings is 1. The van der Waals surface area contributed by atoms with Crippen molar-refractivity contribution in [3.63, 3.8) is 0 Å². The molecule has 0 fully saturated rings. The Morgan fingerprint density at radius 1 is 1.20 bits per heavy atom. The predicted octanol–water partition coefficient (Wildman–Crippen LogP) is 3.84. The topological polar surface area (TPSA) is 57.8 Å². The van der Waals surface area contributed by atoms with Crippen LogP contribution in [0.4, 0.5) is 24.7 Å². The van der Waals surface area contributed by atoms with E-state index in [4.69, 9.17) is 23.2 Å². The second-order valence-electron chi connectivity index (χ2n) is 3.75. The molecule has 0 unspecified atom stereocenters. The molecule has 1 aromatic carbocycles. The van der Waals surface area contributed by atoms with Crippen molar-refractivity contribution in [1.82, 2.24) is 9.97 Å². The first kappa shape index (κ1) is 14.7. The molecule has 2 rings (SSSR count). The van der Waals surface area contributed by atoms with Crippen LogP contribution in [0.5, 0.6) is 0 Å². The fourth-order valence-corrected chi connectivity index (χ4v) is 1.82. The van der Waals surface area contributed by atoms with Gasteiger partial charge in [0.05, 0.1) is 11.9 Å². The average Bonchev–Trinajstić information content (AvgIpc) is 2.33. The lowest BCUT2D eigenvalue weighted by molar-refractivity contribution is -0.137. The largest absolute Gasteiger partial charge is 0.416 e. The fraction of sp³-hybridized carbons (Fsp3) is 0.0909. The molecule has 106 valence electrons. The molecule has 1 heterocycles. The van der Waals surface area contributed by atoms with Crippen molar-refractivity contribution in [2.24, 2.45) is 0 Å². The van der Waals surface area contributed by atoms with Crippen molar-refractivity contribution in [1.29, 1.82) is 0 Å². The first-order valence-corrected chi connectivity index (χ1v) is 5.91. The summed E-state index contributed by atoms with van der Waals surface area (Å²) in [7, 11) is 0. The van der Waals surface area contributed by atoms with Crippen LogP contribution in [0.1, 0.15) is 5.56 Å². The molecule has 0 aliphatic carbocycles. The van der Waals surface area contributed by atoms with E-state index in [1.165, 1.54) is 6.07 Å². The van der Waals surface area contributed by atoms with Crippen molar-refractivity contribution in [3.8, 4) is 0 Å². The van der Waals surface area contributed by atoms with Gasteiger partial charge in [-0.15, -0.1) is 0 Å². The normalized spacial score (nSPS) is 11.4. The molecule has 0 aliphatic rings. The van der Waals surface area contributed by atoms with Crippen LogP contribution in [-0.4, -0.2) is 9.97 Å². The van der Waals surface area contributed by atoms with Crippen LogP contribution in [0.3, 0.4) is 0 Å². The highest BCUT2D eigenvalue weighted by molar-refractivity contribution is 6.33. The number of alkyl halides is 3. The van der Waals surface area contributed by atoms with Crippen LogP contribution < -0.4 is 10.9 Å². The number of H-pyrrole nitrogens is 1. The number of hydrogen-bond acceptors (Lipinski definition) is 3. The second-order valence-corrected chi connectivity index (χ2v) is 4.56. The number of anilines is 2. The molecule has 0 saturated carbocycles. The molecule has 0 atom stereocenters. The van der Waals surface area contributed by atoms with Gasteiger partial charge in [-0.1, -0.05) is 23.2 Å². The number of nitrogens with zero attached hydrogens (tertiary/aromatic N) is 1. The van der Waals surface area contributed by atoms with Crippen LogP contribution in [0.15, 0.2) is 29.3 Å². The zero-order valence-corrected chi connectivity index (χ0v) is 11.1. The van der Waals surface area contributed by atoms with Crippen LogP contribution in [0.2, 0.25) is 10.0 Å². The van der Waals surface area contributed by atoms with E-state index in [2.05, 4.69) is 15.3 Å². The molecule has 4 nitrogen and oxygen atoms in total. The lowest BCUT2D eigenvalue weighted by atomic mass is 10.2. The van der Waals surface area contributed by atoms with Gasteiger partial charge in [0, 0.05) is 10.7 Å². The van der Waals surface area contributed by atoms with Gasteiger partial charge in [-0.05, 0) is 18.2 Å². The molecule has 0 amide bonds. The van der Waals surface area contributed by atoms with Crippen LogP contribution in [-0.2, 0) is 6.18 Å². The molecule has 0 aliphatic heterocycles. The molecule has 0 bridgehead atoms. The predicted molar refractivity (Wildman–Crippen MR) is 69.6 cm³/mol. The Hall–Kier alpha value is -1.73. The summed E-state index contributed by atoms with van der Waals surface area (Å²) in [5.41, 5.74) is -1.51. The van der Waals surface area contributed by atoms with Gasteiger partial charge in [0.2, 0.25) is 0 Å². The van der Waals surface area contributed by atoms with Gasteiger partial charge >= 0.3 is 6.18 Å². The van der Waals surface area contributed by atoms with E-state index in [-0.39, 0.29) is 21.6 Å². The monoisotopic (exact) mass is 323 g/mol. The van der Waals surface area contributed by atoms with Gasteiger partial charge in [0.1, 0.15) is 5.02 Å². The SMILES string of the molecule is O=c1[nH]cnc(Nc2cc(Cl)cc(C(F)(F)F)c2)c1Cl. The van der Waals surface area contributed by atoms with E-state index in [0.717, 1.165) is 18.5 Å². The smallest absolute Gasteiger partial charge is 0.339 e. The lowest BCUT2D eigenvalue weighted by Gasteiger charge is -2.11. The van der Waals surface area contributed by atoms with Gasteiger partial charge < -0.3 is 10.3 Å². The Bertz CT molecular complexity index is 700. The van der Waals surface area contributed by atoms with Crippen molar-refractivity contribution >= 4 is 34.7 Å². The summed E-state index contributed by atoms with van der Waals surface area (Å²) in [6.07, 6.45) is -3.46. The zero-order valence-electron chi connectivity index (χ0n) is 9.55. The highest BCUT2D eigenvalue weighted by Crippen LogP contribution is 2.34. The Labute approximate surface area is 120 Å². The third kappa shape index (κ3) is 3.23. The number of halogens is 5. The Kier molecular flexibility index (Phi) is 3.92. The van der Waals surface area contributed by atoms with Gasteiger partial charge in [-0.25, -0.2) is 4.98 Å². The van der Waals surface area contributed by atoms with Gasteiger partial charge in [-0.2, -0.15) is 13.2 Å². The molecule has 20 heavy (non-hydrogen) atoms. The third-order valence-electron chi connectivity index (χ3n) is 2.28. The summed E-state index contributed by atoms with van der Waals surface area (Å²) in [5.74, 6) is -0.0641. The van der Waals surface area contributed by atoms with Crippen molar-refractivity contribution in [3.05, 3.63) is 50.5 Å². The van der Waals surface area contributed by atoms with Crippen LogP contribution >= 0.6 is 23.2 Å². The first-order valence-electron chi connectivity index (χ1n) is 5.15. The van der Waals surface area contributed by atoms with Gasteiger partial charge in [0.15, 0.2) is 5.82 Å². The minimum atomic E-state index is -4.54. The Morgan fingerprint density at radius 3 is 2.55 bits per heavy atom. The summed E-state index contributed by atoms with van der Waals surface area (Å²) >= 11 is 11.3. The fourth-order valence-electron chi connectivity index (χ4n) is 1.43. The van der Waals surface area contributed by atoms with Crippen LogP contribution in [0, 0.1) is 0 Å². The molecule has 0 radical (unpaired) electrons. The highest BCUT2D eigenvalue weighted by Gasteiger charge is 2.31. The Morgan fingerprint density at radius 2 is 1.90 bits per heavy atom. The van der Waals surface area contributed by atoms with Crippen LogP contribution in [0.25, 0.3) is 0 Å². The number of aromatic amines is 1. The minimum absolute atomic E-state index is 0.0184. The summed E-state index contributed by atoms with van der Waals surface area (Å²) in [4.78, 5) is 17.2. The molecule has 2 N–H and O–H groups in total. The molecular formula is C11H6Cl2F3N3O. The van der Waals surface area contributed by atoms with Gasteiger partial charge in [-0.3, -0.25) is 4.79 Å². The standard InChI is InChI=1S/C11H6Cl2F3N3O/c12-6-1-5(11(14,15)16)2-7(3-6)19-9-8(13)10(20)18-4-17-9/h1-4H,(H2,17,18,19,20). The molecule has 0 spiro atoms. The van der Waals surface area contributed by atoms with Crippen molar-refractivity contribution in [2.45, 2.75) is 6.18 Å². The maximum Gasteiger partial charge on any atom is 0.416 e. The first-order chi connectivity index (χ1) is 9.27. The van der Waals surface area contributed by atoms with Gasteiger partial charge in [0.25, 0.3) is 5.56 Å². The summed E-state index contributed by atoms with van der Waals surface area (Å²) in [6, 6.07) is 2.89. The number of nitrogens with one attached hydrogen (secondary N) is 2. The summed E-state index contributed by atoms with van der Waals surface area (Å²) < 4.78 is 37.9. The lowest BCUT2D eigenvalue weighted by Crippen LogP contribution is -2.10. The highest BCUT2D eigenvalue weighted by atomic mass is 35.5. The maximum atomic E-state index is 12.6. The van der Waals surface area contributed by atoms with E-state index in [9.17, 15) is 18.0 Å². The second kappa shape index (κ2) is 5.34. The van der Waals surface area contributed by atoms with Crippen molar-refractivity contribution < 1.29 is 13.2 Å². The van der Waals surface area contributed by atoms with Crippen molar-refractivity contribution in [2.75, 3.05) is 5.32 Å². The zero-order chi connectivity index (χ0) is 14.9. The summed E-state index contributed by atoms with van der Waals surface area (Å²) in [6.45, 7) is 0. The Balaban J connectivity index is 2.42. The molecule has 1 aromatic heterocycles. The molecule has 9 heteroatoms. The van der Waals surface area contributed by atoms with E-state index in [0.29, 0.717) is 0 Å². The van der Waals surface area contributed by atoms with E-state index in [1.807, 2.05) is 0 Å². The number of rotatable bonds is 2. The maximum absolute atomic E-state index is 12.6.